The van der Waals surface area contributed by atoms with Gasteiger partial charge in [0.15, 0.2) is 5.58 Å². The van der Waals surface area contributed by atoms with Crippen molar-refractivity contribution in [3.63, 3.8) is 0 Å². The van der Waals surface area contributed by atoms with Gasteiger partial charge < -0.3 is 14.5 Å². The summed E-state index contributed by atoms with van der Waals surface area (Å²) in [6, 6.07) is 14.1. The van der Waals surface area contributed by atoms with Crippen molar-refractivity contribution in [2.75, 3.05) is 12.4 Å². The highest BCUT2D eigenvalue weighted by Crippen LogP contribution is 2.35. The van der Waals surface area contributed by atoms with Crippen molar-refractivity contribution in [1.82, 2.24) is 4.98 Å². The number of oxazole rings is 1. The van der Waals surface area contributed by atoms with Gasteiger partial charge in [-0.05, 0) is 23.8 Å². The number of methoxy groups -OCH3 is 1. The van der Waals surface area contributed by atoms with Crippen molar-refractivity contribution in [2.45, 2.75) is 12.5 Å². The molecule has 3 aromatic rings. The van der Waals surface area contributed by atoms with Crippen molar-refractivity contribution >= 4 is 16.8 Å². The zero-order chi connectivity index (χ0) is 13.5. The Labute approximate surface area is 116 Å². The molecule has 100 valence electrons. The lowest BCUT2D eigenvalue weighted by molar-refractivity contribution is 0.414. The number of ether oxygens (including phenoxy) is 1. The molecule has 1 aromatic heterocycles. The molecule has 4 nitrogen and oxygen atoms in total. The number of rotatable bonds is 2. The Morgan fingerprint density at radius 2 is 2.15 bits per heavy atom. The van der Waals surface area contributed by atoms with Gasteiger partial charge in [0, 0.05) is 18.2 Å². The number of anilines is 1. The van der Waals surface area contributed by atoms with Gasteiger partial charge >= 0.3 is 0 Å². The number of nitrogens with zero attached hydrogens (tertiary/aromatic N) is 1. The van der Waals surface area contributed by atoms with Crippen LogP contribution in [0.15, 0.2) is 46.9 Å². The van der Waals surface area contributed by atoms with E-state index in [1.165, 1.54) is 5.56 Å². The summed E-state index contributed by atoms with van der Waals surface area (Å²) in [6.07, 6.45) is 0.903. The molecule has 0 amide bonds. The Balaban J connectivity index is 1.70. The molecule has 0 fully saturated rings. The topological polar surface area (TPSA) is 47.3 Å². The van der Waals surface area contributed by atoms with E-state index in [-0.39, 0.29) is 6.04 Å². The van der Waals surface area contributed by atoms with Gasteiger partial charge in [-0.1, -0.05) is 18.2 Å². The maximum atomic E-state index is 5.87. The van der Waals surface area contributed by atoms with Crippen LogP contribution in [0.4, 0.5) is 5.69 Å². The summed E-state index contributed by atoms with van der Waals surface area (Å²) in [5.74, 6) is 1.51. The van der Waals surface area contributed by atoms with Gasteiger partial charge in [0.25, 0.3) is 0 Å². The number of hydrogen-bond donors (Lipinski definition) is 1. The number of hydrogen-bond acceptors (Lipinski definition) is 4. The molecule has 4 rings (SSSR count). The summed E-state index contributed by atoms with van der Waals surface area (Å²) in [4.78, 5) is 4.57. The van der Waals surface area contributed by atoms with Crippen molar-refractivity contribution in [1.29, 1.82) is 0 Å². The molecule has 1 aliphatic rings. The predicted octanol–water partition coefficient (Wildman–Crippen LogP) is 3.55. The number of para-hydroxylation sites is 1. The third-order valence-electron chi connectivity index (χ3n) is 3.68. The summed E-state index contributed by atoms with van der Waals surface area (Å²) in [7, 11) is 1.65. The number of nitrogens with one attached hydrogen (secondary N) is 1. The lowest BCUT2D eigenvalue weighted by Crippen LogP contribution is -2.05. The molecule has 0 saturated heterocycles. The zero-order valence-corrected chi connectivity index (χ0v) is 11.1. The maximum absolute atomic E-state index is 5.87. The molecule has 20 heavy (non-hydrogen) atoms. The minimum absolute atomic E-state index is 0.103. The van der Waals surface area contributed by atoms with Crippen LogP contribution in [-0.4, -0.2) is 12.1 Å². The van der Waals surface area contributed by atoms with Gasteiger partial charge in [0.1, 0.15) is 17.3 Å². The van der Waals surface area contributed by atoms with E-state index >= 15 is 0 Å². The Bertz CT molecular complexity index is 754. The lowest BCUT2D eigenvalue weighted by Gasteiger charge is -2.05. The van der Waals surface area contributed by atoms with E-state index in [1.807, 2.05) is 24.3 Å². The molecular weight excluding hydrogens is 252 g/mol. The highest BCUT2D eigenvalue weighted by molar-refractivity contribution is 5.74. The first kappa shape index (κ1) is 11.3. The quantitative estimate of drug-likeness (QED) is 0.770. The summed E-state index contributed by atoms with van der Waals surface area (Å²) in [5, 5.41) is 3.45. The first-order chi connectivity index (χ1) is 9.83. The molecule has 0 radical (unpaired) electrons. The number of benzene rings is 2. The van der Waals surface area contributed by atoms with E-state index in [2.05, 4.69) is 28.5 Å². The third-order valence-corrected chi connectivity index (χ3v) is 3.68. The van der Waals surface area contributed by atoms with Gasteiger partial charge in [-0.25, -0.2) is 4.98 Å². The SMILES string of the molecule is COc1ccc2nc(C3Cc4ccccc4N3)oc2c1. The average molecular weight is 266 g/mol. The Hall–Kier alpha value is -2.49. The monoisotopic (exact) mass is 266 g/mol. The van der Waals surface area contributed by atoms with E-state index in [1.54, 1.807) is 7.11 Å². The Morgan fingerprint density at radius 3 is 3.00 bits per heavy atom. The van der Waals surface area contributed by atoms with Gasteiger partial charge in [0.2, 0.25) is 5.89 Å². The van der Waals surface area contributed by atoms with Crippen LogP contribution in [0.1, 0.15) is 17.5 Å². The normalized spacial score (nSPS) is 16.9. The maximum Gasteiger partial charge on any atom is 0.218 e. The smallest absolute Gasteiger partial charge is 0.218 e. The van der Waals surface area contributed by atoms with Gasteiger partial charge in [0.05, 0.1) is 7.11 Å². The van der Waals surface area contributed by atoms with E-state index in [0.717, 1.165) is 34.8 Å². The van der Waals surface area contributed by atoms with Crippen LogP contribution in [0, 0.1) is 0 Å². The van der Waals surface area contributed by atoms with Gasteiger partial charge in [-0.2, -0.15) is 0 Å². The molecule has 4 heteroatoms. The highest BCUT2D eigenvalue weighted by Gasteiger charge is 2.25. The minimum atomic E-state index is 0.103. The fourth-order valence-corrected chi connectivity index (χ4v) is 2.65. The molecule has 1 N–H and O–H groups in total. The number of fused-ring (bicyclic) bond motifs is 2. The van der Waals surface area contributed by atoms with Gasteiger partial charge in [-0.15, -0.1) is 0 Å². The second kappa shape index (κ2) is 4.27. The van der Waals surface area contributed by atoms with Crippen LogP contribution < -0.4 is 10.1 Å². The molecule has 0 spiro atoms. The second-order valence-electron chi connectivity index (χ2n) is 4.94. The van der Waals surface area contributed by atoms with Crippen LogP contribution in [-0.2, 0) is 6.42 Å². The molecule has 1 aliphatic heterocycles. The van der Waals surface area contributed by atoms with Crippen LogP contribution in [0.3, 0.4) is 0 Å². The van der Waals surface area contributed by atoms with Crippen molar-refractivity contribution in [3.05, 3.63) is 53.9 Å². The van der Waals surface area contributed by atoms with E-state index in [0.29, 0.717) is 0 Å². The van der Waals surface area contributed by atoms with Crippen molar-refractivity contribution in [3.8, 4) is 5.75 Å². The minimum Gasteiger partial charge on any atom is -0.497 e. The van der Waals surface area contributed by atoms with E-state index in [4.69, 9.17) is 9.15 Å². The standard InChI is InChI=1S/C16H14N2O2/c1-19-11-6-7-13-15(9-11)20-16(18-13)14-8-10-4-2-3-5-12(10)17-14/h2-7,9,14,17H,8H2,1H3. The fraction of sp³-hybridized carbons (Fsp3) is 0.188. The van der Waals surface area contributed by atoms with Crippen molar-refractivity contribution < 1.29 is 9.15 Å². The van der Waals surface area contributed by atoms with Crippen LogP contribution in [0.25, 0.3) is 11.1 Å². The second-order valence-corrected chi connectivity index (χ2v) is 4.94. The van der Waals surface area contributed by atoms with Gasteiger partial charge in [-0.3, -0.25) is 0 Å². The predicted molar refractivity (Wildman–Crippen MR) is 77.1 cm³/mol. The summed E-state index contributed by atoms with van der Waals surface area (Å²) >= 11 is 0. The number of aromatic nitrogens is 1. The zero-order valence-electron chi connectivity index (χ0n) is 11.1. The molecule has 1 unspecified atom stereocenters. The molecule has 0 aliphatic carbocycles. The van der Waals surface area contributed by atoms with E-state index in [9.17, 15) is 0 Å². The summed E-state index contributed by atoms with van der Waals surface area (Å²) in [5.41, 5.74) is 4.09. The highest BCUT2D eigenvalue weighted by atomic mass is 16.5. The average Bonchev–Trinajstić information content (AvgIpc) is 3.09. The summed E-state index contributed by atoms with van der Waals surface area (Å²) < 4.78 is 11.1. The molecule has 0 saturated carbocycles. The van der Waals surface area contributed by atoms with Crippen LogP contribution in [0.2, 0.25) is 0 Å². The Morgan fingerprint density at radius 1 is 1.25 bits per heavy atom. The largest absolute Gasteiger partial charge is 0.497 e. The van der Waals surface area contributed by atoms with Crippen LogP contribution in [0.5, 0.6) is 5.75 Å². The van der Waals surface area contributed by atoms with Crippen molar-refractivity contribution in [2.24, 2.45) is 0 Å². The third kappa shape index (κ3) is 1.72. The first-order valence-corrected chi connectivity index (χ1v) is 6.62. The summed E-state index contributed by atoms with van der Waals surface area (Å²) in [6.45, 7) is 0. The first-order valence-electron chi connectivity index (χ1n) is 6.62. The molecule has 2 aromatic carbocycles. The molecule has 1 atom stereocenters. The Kier molecular flexibility index (Phi) is 2.42. The molecular formula is C16H14N2O2. The molecule has 0 bridgehead atoms. The van der Waals surface area contributed by atoms with E-state index < -0.39 is 0 Å². The lowest BCUT2D eigenvalue weighted by atomic mass is 10.1. The van der Waals surface area contributed by atoms with Crippen LogP contribution >= 0.6 is 0 Å². The fourth-order valence-electron chi connectivity index (χ4n) is 2.65. The molecule has 2 heterocycles.